The number of hydrogen-bond acceptors (Lipinski definition) is 4. The monoisotopic (exact) mass is 289 g/mol. The van der Waals surface area contributed by atoms with E-state index < -0.39 is 0 Å². The number of H-pyrrole nitrogens is 1. The molecule has 1 aromatic heterocycles. The number of hydrogen-bond donors (Lipinski definition) is 2. The van der Waals surface area contributed by atoms with Gasteiger partial charge in [0.05, 0.1) is 0 Å². The maximum absolute atomic E-state index is 12.1. The summed E-state index contributed by atoms with van der Waals surface area (Å²) in [7, 11) is 5.69. The molecule has 0 unspecified atom stereocenters. The van der Waals surface area contributed by atoms with E-state index in [0.29, 0.717) is 13.0 Å². The van der Waals surface area contributed by atoms with Crippen LogP contribution in [0.5, 0.6) is 0 Å². The molecule has 0 fully saturated rings. The number of aromatic amines is 1. The molecule has 0 aliphatic heterocycles. The third-order valence-electron chi connectivity index (χ3n) is 3.51. The second-order valence-electron chi connectivity index (χ2n) is 5.38. The van der Waals surface area contributed by atoms with Gasteiger partial charge in [-0.25, -0.2) is 0 Å². The Labute approximate surface area is 125 Å². The van der Waals surface area contributed by atoms with E-state index >= 15 is 0 Å². The number of nitrogens with zero attached hydrogens (tertiary/aromatic N) is 1. The number of aromatic nitrogens is 1. The summed E-state index contributed by atoms with van der Waals surface area (Å²) in [4.78, 5) is 17.3. The summed E-state index contributed by atoms with van der Waals surface area (Å²) < 4.78 is 5.31. The van der Waals surface area contributed by atoms with Crippen LogP contribution in [-0.2, 0) is 16.0 Å². The zero-order valence-corrected chi connectivity index (χ0v) is 12.8. The first-order chi connectivity index (χ1) is 10.1. The number of carbonyl (C=O) groups excluding carboxylic acids is 1. The Hall–Kier alpha value is -1.85. The number of fused-ring (bicyclic) bond motifs is 1. The lowest BCUT2D eigenvalue weighted by Crippen LogP contribution is -2.38. The molecule has 0 aliphatic rings. The van der Waals surface area contributed by atoms with Crippen LogP contribution in [0.2, 0.25) is 0 Å². The molecule has 1 heterocycles. The largest absolute Gasteiger partial charge is 0.463 e. The molecule has 2 N–H and O–H groups in total. The van der Waals surface area contributed by atoms with Gasteiger partial charge in [-0.05, 0) is 32.8 Å². The van der Waals surface area contributed by atoms with Crippen molar-refractivity contribution in [3.05, 3.63) is 36.0 Å². The van der Waals surface area contributed by atoms with E-state index in [1.807, 2.05) is 43.4 Å². The molecule has 0 saturated heterocycles. The molecule has 114 valence electrons. The molecule has 5 heteroatoms. The van der Waals surface area contributed by atoms with Gasteiger partial charge in [-0.1, -0.05) is 18.2 Å². The van der Waals surface area contributed by atoms with Crippen molar-refractivity contribution >= 4 is 16.9 Å². The van der Waals surface area contributed by atoms with Gasteiger partial charge < -0.3 is 19.9 Å². The van der Waals surface area contributed by atoms with Crippen LogP contribution in [-0.4, -0.2) is 56.2 Å². The predicted molar refractivity (Wildman–Crippen MR) is 84.4 cm³/mol. The fourth-order valence-corrected chi connectivity index (χ4v) is 2.25. The molecule has 0 bridgehead atoms. The van der Waals surface area contributed by atoms with Crippen LogP contribution in [0.4, 0.5) is 0 Å². The average molecular weight is 289 g/mol. The number of carbonyl (C=O) groups is 1. The normalized spacial score (nSPS) is 12.8. The third-order valence-corrected chi connectivity index (χ3v) is 3.51. The van der Waals surface area contributed by atoms with Crippen molar-refractivity contribution in [2.45, 2.75) is 12.5 Å². The third kappa shape index (κ3) is 4.06. The van der Waals surface area contributed by atoms with Crippen LogP contribution in [0.3, 0.4) is 0 Å². The zero-order chi connectivity index (χ0) is 15.2. The van der Waals surface area contributed by atoms with Crippen molar-refractivity contribution in [1.29, 1.82) is 0 Å². The summed E-state index contributed by atoms with van der Waals surface area (Å²) in [5.41, 5.74) is 2.21. The van der Waals surface area contributed by atoms with Crippen molar-refractivity contribution in [2.75, 3.05) is 34.3 Å². The van der Waals surface area contributed by atoms with Crippen LogP contribution < -0.4 is 5.32 Å². The van der Waals surface area contributed by atoms with E-state index in [2.05, 4.69) is 16.4 Å². The number of likely N-dealkylation sites (N-methyl/N-ethyl adjacent to an activating group) is 2. The Kier molecular flexibility index (Phi) is 5.36. The van der Waals surface area contributed by atoms with E-state index in [4.69, 9.17) is 4.74 Å². The average Bonchev–Trinajstić information content (AvgIpc) is 2.87. The molecular weight excluding hydrogens is 266 g/mol. The molecule has 5 nitrogen and oxygen atoms in total. The van der Waals surface area contributed by atoms with Gasteiger partial charge >= 0.3 is 5.97 Å². The van der Waals surface area contributed by atoms with Crippen LogP contribution in [0.25, 0.3) is 10.9 Å². The number of rotatable bonds is 7. The van der Waals surface area contributed by atoms with Crippen molar-refractivity contribution < 1.29 is 9.53 Å². The Bertz CT molecular complexity index is 592. The highest BCUT2D eigenvalue weighted by atomic mass is 16.5. The molecule has 0 aliphatic carbocycles. The molecule has 0 radical (unpaired) electrons. The van der Waals surface area contributed by atoms with Gasteiger partial charge in [-0.2, -0.15) is 0 Å². The van der Waals surface area contributed by atoms with Gasteiger partial charge in [0, 0.05) is 30.1 Å². The van der Waals surface area contributed by atoms with Crippen LogP contribution in [0.15, 0.2) is 30.5 Å². The van der Waals surface area contributed by atoms with Crippen LogP contribution in [0.1, 0.15) is 5.56 Å². The van der Waals surface area contributed by atoms with E-state index in [0.717, 1.165) is 23.0 Å². The first-order valence-electron chi connectivity index (χ1n) is 7.15. The maximum atomic E-state index is 12.1. The fourth-order valence-electron chi connectivity index (χ4n) is 2.25. The summed E-state index contributed by atoms with van der Waals surface area (Å²) in [6.45, 7) is 1.15. The number of benzene rings is 1. The standard InChI is InChI=1S/C16H23N3O2/c1-17-15(16(20)21-9-8-19(2)3)10-12-11-18-14-7-5-4-6-13(12)14/h4-7,11,15,17-18H,8-10H2,1-3H3/t15-/m0/s1. The number of ether oxygens (including phenoxy) is 1. The Morgan fingerprint density at radius 2 is 2.14 bits per heavy atom. The highest BCUT2D eigenvalue weighted by Crippen LogP contribution is 2.19. The molecule has 2 aromatic rings. The van der Waals surface area contributed by atoms with Crippen molar-refractivity contribution in [3.63, 3.8) is 0 Å². The zero-order valence-electron chi connectivity index (χ0n) is 12.8. The summed E-state index contributed by atoms with van der Waals surface area (Å²) in [5.74, 6) is -0.204. The Morgan fingerprint density at radius 1 is 1.38 bits per heavy atom. The minimum Gasteiger partial charge on any atom is -0.463 e. The lowest BCUT2D eigenvalue weighted by atomic mass is 10.1. The summed E-state index contributed by atoms with van der Waals surface area (Å²) in [6, 6.07) is 7.76. The highest BCUT2D eigenvalue weighted by molar-refractivity contribution is 5.84. The van der Waals surface area contributed by atoms with Crippen LogP contribution in [0, 0.1) is 0 Å². The topological polar surface area (TPSA) is 57.4 Å². The van der Waals surface area contributed by atoms with E-state index in [1.165, 1.54) is 0 Å². The summed E-state index contributed by atoms with van der Waals surface area (Å²) in [6.07, 6.45) is 2.57. The van der Waals surface area contributed by atoms with Gasteiger partial charge in [0.25, 0.3) is 0 Å². The highest BCUT2D eigenvalue weighted by Gasteiger charge is 2.20. The van der Waals surface area contributed by atoms with Crippen molar-refractivity contribution in [2.24, 2.45) is 0 Å². The van der Waals surface area contributed by atoms with Crippen molar-refractivity contribution in [3.8, 4) is 0 Å². The molecule has 1 aromatic carbocycles. The minimum atomic E-state index is -0.327. The van der Waals surface area contributed by atoms with Gasteiger partial charge in [0.1, 0.15) is 12.6 Å². The maximum Gasteiger partial charge on any atom is 0.323 e. The minimum absolute atomic E-state index is 0.204. The summed E-state index contributed by atoms with van der Waals surface area (Å²) >= 11 is 0. The van der Waals surface area contributed by atoms with Crippen LogP contribution >= 0.6 is 0 Å². The lowest BCUT2D eigenvalue weighted by molar-refractivity contribution is -0.146. The molecule has 21 heavy (non-hydrogen) atoms. The number of nitrogens with one attached hydrogen (secondary N) is 2. The predicted octanol–water partition coefficient (Wildman–Crippen LogP) is 1.40. The molecule has 0 amide bonds. The van der Waals surface area contributed by atoms with E-state index in [1.54, 1.807) is 7.05 Å². The first-order valence-corrected chi connectivity index (χ1v) is 7.15. The van der Waals surface area contributed by atoms with Gasteiger partial charge in [0.2, 0.25) is 0 Å². The Balaban J connectivity index is 2.00. The molecular formula is C16H23N3O2. The second-order valence-corrected chi connectivity index (χ2v) is 5.38. The molecule has 0 saturated carbocycles. The van der Waals surface area contributed by atoms with Gasteiger partial charge in [-0.3, -0.25) is 4.79 Å². The molecule has 1 atom stereocenters. The number of esters is 1. The van der Waals surface area contributed by atoms with Gasteiger partial charge in [-0.15, -0.1) is 0 Å². The number of para-hydroxylation sites is 1. The summed E-state index contributed by atoms with van der Waals surface area (Å²) in [5, 5.41) is 4.19. The Morgan fingerprint density at radius 3 is 2.86 bits per heavy atom. The van der Waals surface area contributed by atoms with Gasteiger partial charge in [0.15, 0.2) is 0 Å². The lowest BCUT2D eigenvalue weighted by Gasteiger charge is -2.16. The first kappa shape index (κ1) is 15.5. The second kappa shape index (κ2) is 7.24. The quantitative estimate of drug-likeness (QED) is 0.757. The van der Waals surface area contributed by atoms with Crippen molar-refractivity contribution in [1.82, 2.24) is 15.2 Å². The SMILES string of the molecule is CN[C@@H](Cc1c[nH]c2ccccc12)C(=O)OCCN(C)C. The molecule has 2 rings (SSSR count). The van der Waals surface area contributed by atoms with E-state index in [-0.39, 0.29) is 12.0 Å². The smallest absolute Gasteiger partial charge is 0.323 e. The molecule has 0 spiro atoms. The fraction of sp³-hybridized carbons (Fsp3) is 0.438. The van der Waals surface area contributed by atoms with E-state index in [9.17, 15) is 4.79 Å².